The molecule has 1 saturated heterocycles. The van der Waals surface area contributed by atoms with E-state index in [1.807, 2.05) is 24.3 Å². The Bertz CT molecular complexity index is 1210. The third-order valence-electron chi connectivity index (χ3n) is 5.27. The van der Waals surface area contributed by atoms with Crippen LogP contribution in [-0.4, -0.2) is 37.8 Å². The molecule has 1 fully saturated rings. The Morgan fingerprint density at radius 2 is 1.97 bits per heavy atom. The van der Waals surface area contributed by atoms with Gasteiger partial charge < -0.3 is 14.8 Å². The van der Waals surface area contributed by atoms with Crippen LogP contribution in [0.1, 0.15) is 35.8 Å². The van der Waals surface area contributed by atoms with Gasteiger partial charge in [-0.2, -0.15) is 10.1 Å². The number of aromatic amines is 1. The Balaban J connectivity index is 0.00000218. The summed E-state index contributed by atoms with van der Waals surface area (Å²) in [4.78, 5) is 19.7. The van der Waals surface area contributed by atoms with Gasteiger partial charge in [-0.15, -0.1) is 12.4 Å². The molecular formula is C20H20Cl2N6O2. The van der Waals surface area contributed by atoms with Gasteiger partial charge in [-0.1, -0.05) is 28.9 Å². The van der Waals surface area contributed by atoms with Crippen molar-refractivity contribution in [3.63, 3.8) is 0 Å². The van der Waals surface area contributed by atoms with Crippen molar-refractivity contribution in [1.29, 1.82) is 0 Å². The standard InChI is InChI=1S/C20H19ClN6O2.ClH/c21-14-3-1-12(2-4-14)9-17-24-20(29-26-17)15-11-23-27-16(10-18(28)25-19(15)27)13-5-7-22-8-6-13;/h1-4,10-11,13,22H,5-9H2,(H,25,28);1H. The molecule has 0 radical (unpaired) electrons. The molecule has 0 amide bonds. The fourth-order valence-electron chi connectivity index (χ4n) is 3.80. The molecule has 3 aromatic heterocycles. The van der Waals surface area contributed by atoms with E-state index in [1.165, 1.54) is 0 Å². The lowest BCUT2D eigenvalue weighted by Crippen LogP contribution is -2.28. The summed E-state index contributed by atoms with van der Waals surface area (Å²) in [6.07, 6.45) is 4.13. The van der Waals surface area contributed by atoms with Crippen molar-refractivity contribution < 1.29 is 4.52 Å². The number of benzene rings is 1. The van der Waals surface area contributed by atoms with Gasteiger partial charge in [-0.05, 0) is 43.6 Å². The average molecular weight is 447 g/mol. The predicted molar refractivity (Wildman–Crippen MR) is 115 cm³/mol. The molecule has 10 heteroatoms. The van der Waals surface area contributed by atoms with E-state index in [0.717, 1.165) is 37.2 Å². The average Bonchev–Trinajstić information content (AvgIpc) is 3.36. The van der Waals surface area contributed by atoms with Crippen LogP contribution < -0.4 is 10.9 Å². The quantitative estimate of drug-likeness (QED) is 0.498. The van der Waals surface area contributed by atoms with Crippen molar-refractivity contribution in [1.82, 2.24) is 30.1 Å². The lowest BCUT2D eigenvalue weighted by atomic mass is 9.94. The normalized spacial score (nSPS) is 14.7. The number of halogens is 2. The molecular weight excluding hydrogens is 427 g/mol. The third kappa shape index (κ3) is 3.98. The molecule has 0 atom stereocenters. The van der Waals surface area contributed by atoms with Gasteiger partial charge in [0.15, 0.2) is 5.82 Å². The first-order valence-corrected chi connectivity index (χ1v) is 9.94. The monoisotopic (exact) mass is 446 g/mol. The van der Waals surface area contributed by atoms with Crippen molar-refractivity contribution in [2.45, 2.75) is 25.2 Å². The Hall–Kier alpha value is -2.68. The van der Waals surface area contributed by atoms with E-state index in [0.29, 0.717) is 34.4 Å². The molecule has 0 saturated carbocycles. The van der Waals surface area contributed by atoms with Crippen LogP contribution in [0.5, 0.6) is 0 Å². The van der Waals surface area contributed by atoms with Gasteiger partial charge in [0.05, 0.1) is 11.9 Å². The fraction of sp³-hybridized carbons (Fsp3) is 0.300. The first kappa shape index (κ1) is 20.6. The summed E-state index contributed by atoms with van der Waals surface area (Å²) in [6.45, 7) is 1.87. The molecule has 8 nitrogen and oxygen atoms in total. The van der Waals surface area contributed by atoms with Crippen LogP contribution in [0.2, 0.25) is 5.02 Å². The molecule has 0 aliphatic carbocycles. The molecule has 4 heterocycles. The van der Waals surface area contributed by atoms with Gasteiger partial charge in [-0.25, -0.2) is 4.52 Å². The van der Waals surface area contributed by atoms with E-state index >= 15 is 0 Å². The van der Waals surface area contributed by atoms with Crippen molar-refractivity contribution in [3.05, 3.63) is 69.0 Å². The van der Waals surface area contributed by atoms with Gasteiger partial charge in [-0.3, -0.25) is 4.79 Å². The molecule has 2 N–H and O–H groups in total. The van der Waals surface area contributed by atoms with Gasteiger partial charge in [0.2, 0.25) is 0 Å². The number of H-pyrrole nitrogens is 1. The number of nitrogens with zero attached hydrogens (tertiary/aromatic N) is 4. The second kappa shape index (κ2) is 8.59. The topological polar surface area (TPSA) is 101 Å². The van der Waals surface area contributed by atoms with Crippen LogP contribution in [0.15, 0.2) is 45.8 Å². The summed E-state index contributed by atoms with van der Waals surface area (Å²) < 4.78 is 7.25. The summed E-state index contributed by atoms with van der Waals surface area (Å²) in [5, 5.41) is 12.6. The van der Waals surface area contributed by atoms with Crippen LogP contribution in [0, 0.1) is 0 Å². The Morgan fingerprint density at radius 1 is 1.20 bits per heavy atom. The molecule has 4 aromatic rings. The number of aromatic nitrogens is 5. The molecule has 1 aliphatic heterocycles. The minimum absolute atomic E-state index is 0. The lowest BCUT2D eigenvalue weighted by Gasteiger charge is -2.23. The lowest BCUT2D eigenvalue weighted by molar-refractivity contribution is 0.424. The van der Waals surface area contributed by atoms with Gasteiger partial charge in [0, 0.05) is 23.4 Å². The van der Waals surface area contributed by atoms with Crippen molar-refractivity contribution in [2.24, 2.45) is 0 Å². The van der Waals surface area contributed by atoms with Crippen LogP contribution in [0.4, 0.5) is 0 Å². The molecule has 0 unspecified atom stereocenters. The highest BCUT2D eigenvalue weighted by atomic mass is 35.5. The van der Waals surface area contributed by atoms with Crippen LogP contribution in [-0.2, 0) is 6.42 Å². The maximum Gasteiger partial charge on any atom is 0.263 e. The zero-order chi connectivity index (χ0) is 19.8. The summed E-state index contributed by atoms with van der Waals surface area (Å²) in [6, 6.07) is 9.15. The fourth-order valence-corrected chi connectivity index (χ4v) is 3.92. The number of piperidine rings is 1. The summed E-state index contributed by atoms with van der Waals surface area (Å²) in [5.41, 5.74) is 2.98. The zero-order valence-electron chi connectivity index (χ0n) is 16.0. The summed E-state index contributed by atoms with van der Waals surface area (Å²) >= 11 is 5.93. The SMILES string of the molecule is Cl.O=c1cc(C2CCNCC2)n2ncc(-c3nc(Cc4ccc(Cl)cc4)no3)c2[nH]1. The summed E-state index contributed by atoms with van der Waals surface area (Å²) in [7, 11) is 0. The van der Waals surface area contributed by atoms with Gasteiger partial charge in [0.1, 0.15) is 11.2 Å². The van der Waals surface area contributed by atoms with E-state index < -0.39 is 0 Å². The Kier molecular flexibility index (Phi) is 5.90. The molecule has 1 aromatic carbocycles. The minimum Gasteiger partial charge on any atom is -0.334 e. The largest absolute Gasteiger partial charge is 0.334 e. The molecule has 5 rings (SSSR count). The summed E-state index contributed by atoms with van der Waals surface area (Å²) in [5.74, 6) is 1.18. The molecule has 0 spiro atoms. The first-order chi connectivity index (χ1) is 14.2. The second-order valence-electron chi connectivity index (χ2n) is 7.22. The highest BCUT2D eigenvalue weighted by Crippen LogP contribution is 2.28. The smallest absolute Gasteiger partial charge is 0.263 e. The van der Waals surface area contributed by atoms with E-state index in [9.17, 15) is 4.79 Å². The van der Waals surface area contributed by atoms with Crippen LogP contribution in [0.3, 0.4) is 0 Å². The van der Waals surface area contributed by atoms with E-state index in [-0.39, 0.29) is 23.9 Å². The number of hydrogen-bond donors (Lipinski definition) is 2. The van der Waals surface area contributed by atoms with Gasteiger partial charge in [0.25, 0.3) is 11.4 Å². The van der Waals surface area contributed by atoms with E-state index in [4.69, 9.17) is 16.1 Å². The maximum absolute atomic E-state index is 12.3. The second-order valence-corrected chi connectivity index (χ2v) is 7.66. The molecule has 0 bridgehead atoms. The number of hydrogen-bond acceptors (Lipinski definition) is 6. The highest BCUT2D eigenvalue weighted by molar-refractivity contribution is 6.30. The molecule has 1 aliphatic rings. The maximum atomic E-state index is 12.3. The number of fused-ring (bicyclic) bond motifs is 1. The van der Waals surface area contributed by atoms with Gasteiger partial charge >= 0.3 is 0 Å². The highest BCUT2D eigenvalue weighted by Gasteiger charge is 2.22. The van der Waals surface area contributed by atoms with E-state index in [2.05, 4.69) is 25.5 Å². The third-order valence-corrected chi connectivity index (χ3v) is 5.52. The zero-order valence-corrected chi connectivity index (χ0v) is 17.5. The Labute approximate surface area is 183 Å². The first-order valence-electron chi connectivity index (χ1n) is 9.56. The van der Waals surface area contributed by atoms with E-state index in [1.54, 1.807) is 16.8 Å². The number of rotatable bonds is 4. The van der Waals surface area contributed by atoms with Crippen molar-refractivity contribution in [3.8, 4) is 11.5 Å². The van der Waals surface area contributed by atoms with Crippen LogP contribution >= 0.6 is 24.0 Å². The number of nitrogens with one attached hydrogen (secondary N) is 2. The van der Waals surface area contributed by atoms with Crippen molar-refractivity contribution >= 4 is 29.7 Å². The Morgan fingerprint density at radius 3 is 2.73 bits per heavy atom. The minimum atomic E-state index is -0.159. The molecule has 156 valence electrons. The predicted octanol–water partition coefficient (Wildman–Crippen LogP) is 3.21. The van der Waals surface area contributed by atoms with Crippen molar-refractivity contribution in [2.75, 3.05) is 13.1 Å². The molecule has 30 heavy (non-hydrogen) atoms. The van der Waals surface area contributed by atoms with Crippen LogP contribution in [0.25, 0.3) is 17.1 Å².